The van der Waals surface area contributed by atoms with Crippen LogP contribution >= 0.6 is 0 Å². The van der Waals surface area contributed by atoms with Gasteiger partial charge in [0.1, 0.15) is 0 Å². The molecule has 0 bridgehead atoms. The Morgan fingerprint density at radius 1 is 0.968 bits per heavy atom. The highest BCUT2D eigenvalue weighted by Gasteiger charge is 2.41. The number of fused-ring (bicyclic) bond motifs is 2. The highest BCUT2D eigenvalue weighted by Crippen LogP contribution is 2.45. The molecule has 7 nitrogen and oxygen atoms in total. The Kier molecular flexibility index (Phi) is 4.26. The number of benzene rings is 3. The zero-order valence-electron chi connectivity index (χ0n) is 16.4. The molecule has 0 aliphatic carbocycles. The van der Waals surface area contributed by atoms with Crippen LogP contribution in [0.2, 0.25) is 0 Å². The van der Waals surface area contributed by atoms with Crippen molar-refractivity contribution in [2.24, 2.45) is 0 Å². The molecule has 1 N–H and O–H groups in total. The van der Waals surface area contributed by atoms with Crippen LogP contribution in [0.3, 0.4) is 0 Å². The summed E-state index contributed by atoms with van der Waals surface area (Å²) < 4.78 is 39.0. The van der Waals surface area contributed by atoms with Crippen LogP contribution in [0.15, 0.2) is 77.3 Å². The van der Waals surface area contributed by atoms with Gasteiger partial charge in [-0.3, -0.25) is 0 Å². The Hall–Kier alpha value is -3.78. The van der Waals surface area contributed by atoms with Gasteiger partial charge in [0, 0.05) is 11.1 Å². The van der Waals surface area contributed by atoms with Crippen LogP contribution in [-0.2, 0) is 14.8 Å². The molecule has 3 aromatic rings. The van der Waals surface area contributed by atoms with E-state index in [0.29, 0.717) is 33.8 Å². The number of ether oxygens (including phenoxy) is 2. The van der Waals surface area contributed by atoms with Crippen molar-refractivity contribution in [2.75, 3.05) is 11.1 Å². The Morgan fingerprint density at radius 3 is 2.45 bits per heavy atom. The summed E-state index contributed by atoms with van der Waals surface area (Å²) in [6, 6.07) is 18.3. The van der Waals surface area contributed by atoms with Crippen molar-refractivity contribution < 1.29 is 27.8 Å². The average molecular weight is 435 g/mol. The number of rotatable bonds is 3. The minimum atomic E-state index is -4.17. The summed E-state index contributed by atoms with van der Waals surface area (Å²) >= 11 is 0. The molecule has 0 unspecified atom stereocenters. The monoisotopic (exact) mass is 435 g/mol. The lowest BCUT2D eigenvalue weighted by Crippen LogP contribution is -2.38. The van der Waals surface area contributed by atoms with Crippen LogP contribution in [0, 0.1) is 6.92 Å². The first-order valence-electron chi connectivity index (χ1n) is 9.47. The van der Waals surface area contributed by atoms with Crippen LogP contribution in [0.5, 0.6) is 11.5 Å². The van der Waals surface area contributed by atoms with Crippen LogP contribution in [0.1, 0.15) is 16.7 Å². The topological polar surface area (TPSA) is 93.1 Å². The highest BCUT2D eigenvalue weighted by atomic mass is 32.2. The van der Waals surface area contributed by atoms with Crippen LogP contribution < -0.4 is 13.8 Å². The fourth-order valence-electron chi connectivity index (χ4n) is 3.93. The van der Waals surface area contributed by atoms with Crippen molar-refractivity contribution in [3.05, 3.63) is 89.1 Å². The molecule has 31 heavy (non-hydrogen) atoms. The quantitative estimate of drug-likeness (QED) is 0.673. The lowest BCUT2D eigenvalue weighted by molar-refractivity contribution is -0.132. The number of anilines is 1. The van der Waals surface area contributed by atoms with Gasteiger partial charge in [-0.05, 0) is 42.3 Å². The van der Waals surface area contributed by atoms with Crippen molar-refractivity contribution in [2.45, 2.75) is 11.8 Å². The van der Waals surface area contributed by atoms with Crippen LogP contribution in [0.25, 0.3) is 5.57 Å². The van der Waals surface area contributed by atoms with E-state index in [1.807, 2.05) is 0 Å². The zero-order valence-corrected chi connectivity index (χ0v) is 17.2. The van der Waals surface area contributed by atoms with E-state index in [4.69, 9.17) is 9.47 Å². The first-order chi connectivity index (χ1) is 14.9. The van der Waals surface area contributed by atoms with Crippen molar-refractivity contribution in [1.29, 1.82) is 0 Å². The SMILES string of the molecule is Cc1ccccc1N1C(C(=O)O)=C(c2ccc3c(c2)OCO3)c2ccccc2S1(=O)=O. The molecule has 2 aliphatic heterocycles. The lowest BCUT2D eigenvalue weighted by Gasteiger charge is -2.33. The van der Waals surface area contributed by atoms with Crippen LogP contribution in [0.4, 0.5) is 5.69 Å². The fourth-order valence-corrected chi connectivity index (χ4v) is 5.69. The molecule has 0 saturated heterocycles. The van der Waals surface area contributed by atoms with E-state index < -0.39 is 16.0 Å². The average Bonchev–Trinajstić information content (AvgIpc) is 3.22. The number of nitrogens with zero attached hydrogens (tertiary/aromatic N) is 1. The summed E-state index contributed by atoms with van der Waals surface area (Å²) in [5, 5.41) is 10.2. The van der Waals surface area contributed by atoms with E-state index in [-0.39, 0.29) is 23.1 Å². The molecular formula is C23H17NO6S. The summed E-state index contributed by atoms with van der Waals surface area (Å²) in [6.45, 7) is 1.81. The first-order valence-corrected chi connectivity index (χ1v) is 10.9. The van der Waals surface area contributed by atoms with Crippen molar-refractivity contribution in [3.63, 3.8) is 0 Å². The smallest absolute Gasteiger partial charge is 0.354 e. The fraction of sp³-hybridized carbons (Fsp3) is 0.0870. The summed E-state index contributed by atoms with van der Waals surface area (Å²) in [6.07, 6.45) is 0. The third-order valence-corrected chi connectivity index (χ3v) is 7.08. The molecular weight excluding hydrogens is 418 g/mol. The predicted molar refractivity (Wildman–Crippen MR) is 114 cm³/mol. The molecule has 0 spiro atoms. The first kappa shape index (κ1) is 19.2. The molecule has 0 fully saturated rings. The molecule has 2 heterocycles. The molecule has 5 rings (SSSR count). The number of carbonyl (C=O) groups is 1. The molecule has 0 saturated carbocycles. The Labute approximate surface area is 178 Å². The number of sulfonamides is 1. The van der Waals surface area contributed by atoms with E-state index in [0.717, 1.165) is 4.31 Å². The van der Waals surface area contributed by atoms with Gasteiger partial charge in [-0.25, -0.2) is 17.5 Å². The molecule has 0 atom stereocenters. The van der Waals surface area contributed by atoms with Gasteiger partial charge in [0.05, 0.1) is 10.6 Å². The Morgan fingerprint density at radius 2 is 1.68 bits per heavy atom. The molecule has 8 heteroatoms. The summed E-state index contributed by atoms with van der Waals surface area (Å²) in [5.41, 5.74) is 1.71. The number of para-hydroxylation sites is 1. The normalized spacial score (nSPS) is 16.2. The van der Waals surface area contributed by atoms with Crippen molar-refractivity contribution in [1.82, 2.24) is 0 Å². The Balaban J connectivity index is 1.89. The standard InChI is InChI=1S/C23H17NO6S/c1-14-6-2-4-8-17(14)24-22(23(25)26)21(15-10-11-18-19(12-15)30-13-29-18)16-7-3-5-9-20(16)31(24,27)28/h2-12H,13H2,1H3,(H,25,26). The largest absolute Gasteiger partial charge is 0.477 e. The predicted octanol–water partition coefficient (Wildman–Crippen LogP) is 3.78. The van der Waals surface area contributed by atoms with Crippen molar-refractivity contribution in [3.8, 4) is 11.5 Å². The van der Waals surface area contributed by atoms with E-state index >= 15 is 0 Å². The second kappa shape index (κ2) is 6.88. The third kappa shape index (κ3) is 2.87. The zero-order chi connectivity index (χ0) is 21.8. The van der Waals surface area contributed by atoms with Gasteiger partial charge in [0.25, 0.3) is 10.0 Å². The summed E-state index contributed by atoms with van der Waals surface area (Å²) in [4.78, 5) is 12.6. The van der Waals surface area contributed by atoms with Gasteiger partial charge in [-0.1, -0.05) is 42.5 Å². The lowest BCUT2D eigenvalue weighted by atomic mass is 9.94. The number of carboxylic acids is 1. The van der Waals surface area contributed by atoms with Gasteiger partial charge in [0.2, 0.25) is 6.79 Å². The number of aliphatic carboxylic acids is 1. The summed E-state index contributed by atoms with van der Waals surface area (Å²) in [5.74, 6) is -0.328. The summed E-state index contributed by atoms with van der Waals surface area (Å²) in [7, 11) is -4.17. The minimum absolute atomic E-state index is 0.0379. The molecule has 0 aromatic heterocycles. The second-order valence-electron chi connectivity index (χ2n) is 7.15. The van der Waals surface area contributed by atoms with Gasteiger partial charge in [0.15, 0.2) is 17.2 Å². The number of carboxylic acid groups (broad SMARTS) is 1. The maximum absolute atomic E-state index is 13.6. The highest BCUT2D eigenvalue weighted by molar-refractivity contribution is 7.93. The molecule has 3 aromatic carbocycles. The van der Waals surface area contributed by atoms with E-state index in [2.05, 4.69) is 0 Å². The maximum atomic E-state index is 13.6. The van der Waals surface area contributed by atoms with Gasteiger partial charge >= 0.3 is 5.97 Å². The van der Waals surface area contributed by atoms with E-state index in [9.17, 15) is 18.3 Å². The minimum Gasteiger partial charge on any atom is -0.477 e. The molecule has 0 radical (unpaired) electrons. The van der Waals surface area contributed by atoms with Gasteiger partial charge in [-0.15, -0.1) is 0 Å². The van der Waals surface area contributed by atoms with E-state index in [1.165, 1.54) is 6.07 Å². The van der Waals surface area contributed by atoms with Crippen molar-refractivity contribution >= 4 is 27.3 Å². The third-order valence-electron chi connectivity index (χ3n) is 5.31. The maximum Gasteiger partial charge on any atom is 0.354 e. The molecule has 2 aliphatic rings. The van der Waals surface area contributed by atoms with Crippen LogP contribution in [-0.4, -0.2) is 26.3 Å². The molecule has 156 valence electrons. The van der Waals surface area contributed by atoms with Gasteiger partial charge in [-0.2, -0.15) is 0 Å². The van der Waals surface area contributed by atoms with E-state index in [1.54, 1.807) is 67.6 Å². The number of aryl methyl sites for hydroxylation is 1. The number of hydrogen-bond donors (Lipinski definition) is 1. The number of hydrogen-bond acceptors (Lipinski definition) is 5. The van der Waals surface area contributed by atoms with Gasteiger partial charge < -0.3 is 14.6 Å². The Bertz CT molecular complexity index is 1380. The second-order valence-corrected chi connectivity index (χ2v) is 8.90. The molecule has 0 amide bonds.